The Kier molecular flexibility index (Phi) is 3.46. The van der Waals surface area contributed by atoms with Crippen molar-refractivity contribution in [2.24, 2.45) is 0 Å². The minimum Gasteiger partial charge on any atom is -0.367 e. The molecule has 1 fully saturated rings. The second-order valence-electron chi connectivity index (χ2n) is 3.39. The Morgan fingerprint density at radius 3 is 2.20 bits per heavy atom. The van der Waals surface area contributed by atoms with Gasteiger partial charge in [-0.3, -0.25) is 4.52 Å². The van der Waals surface area contributed by atoms with Gasteiger partial charge < -0.3 is 19.4 Å². The summed E-state index contributed by atoms with van der Waals surface area (Å²) < 4.78 is 34.5. The second-order valence-corrected chi connectivity index (χ2v) is 6.17. The van der Waals surface area contributed by atoms with E-state index >= 15 is 0 Å². The molecule has 0 aromatic rings. The highest BCUT2D eigenvalue weighted by molar-refractivity contribution is 7.60. The Hall–Kier alpha value is 0.220. The maximum atomic E-state index is 11.1. The number of phosphoric ester groups is 1. The average molecular weight is 262 g/mol. The number of hydrogen-bond donors (Lipinski definition) is 3. The summed E-state index contributed by atoms with van der Waals surface area (Å²) in [6.45, 7) is 3.43. The first-order valence-electron chi connectivity index (χ1n) is 3.96. The molecule has 8 nitrogen and oxygen atoms in total. The zero-order valence-electron chi connectivity index (χ0n) is 8.06. The van der Waals surface area contributed by atoms with Gasteiger partial charge >= 0.3 is 15.6 Å². The van der Waals surface area contributed by atoms with Gasteiger partial charge in [0.15, 0.2) is 0 Å². The van der Waals surface area contributed by atoms with Gasteiger partial charge in [-0.05, 0) is 13.8 Å². The van der Waals surface area contributed by atoms with E-state index in [0.717, 1.165) is 0 Å². The molecule has 0 spiro atoms. The van der Waals surface area contributed by atoms with Gasteiger partial charge in [0, 0.05) is 0 Å². The molecule has 3 N–H and O–H groups in total. The Morgan fingerprint density at radius 1 is 1.40 bits per heavy atom. The molecule has 0 aromatic carbocycles. The molecule has 0 radical (unpaired) electrons. The predicted molar refractivity (Wildman–Crippen MR) is 47.9 cm³/mol. The van der Waals surface area contributed by atoms with Gasteiger partial charge in [0.05, 0.1) is 12.7 Å². The fourth-order valence-corrected chi connectivity index (χ4v) is 2.67. The van der Waals surface area contributed by atoms with E-state index in [-0.39, 0.29) is 0 Å². The van der Waals surface area contributed by atoms with E-state index in [1.807, 2.05) is 0 Å². The lowest BCUT2D eigenvalue weighted by Crippen LogP contribution is -2.25. The highest BCUT2D eigenvalue weighted by Crippen LogP contribution is 2.59. The zero-order chi connectivity index (χ0) is 11.9. The normalized spacial score (nSPS) is 32.1. The highest BCUT2D eigenvalue weighted by atomic mass is 31.3. The molecule has 1 aliphatic heterocycles. The molecule has 10 heteroatoms. The molecular weight excluding hydrogens is 250 g/mol. The third-order valence-corrected chi connectivity index (χ3v) is 4.22. The number of hydrogen-bond acceptors (Lipinski definition) is 5. The molecule has 15 heavy (non-hydrogen) atoms. The summed E-state index contributed by atoms with van der Waals surface area (Å²) >= 11 is 0. The third-order valence-electron chi connectivity index (χ3n) is 1.96. The van der Waals surface area contributed by atoms with Crippen LogP contribution in [0, 0.1) is 0 Å². The maximum absolute atomic E-state index is 11.1. The van der Waals surface area contributed by atoms with E-state index < -0.39 is 27.4 Å². The van der Waals surface area contributed by atoms with Gasteiger partial charge in [0.25, 0.3) is 0 Å². The molecule has 90 valence electrons. The fourth-order valence-electron chi connectivity index (χ4n) is 0.813. The molecule has 1 rings (SSSR count). The van der Waals surface area contributed by atoms with Crippen molar-refractivity contribution in [2.75, 3.05) is 6.61 Å². The van der Waals surface area contributed by atoms with Crippen LogP contribution in [0.5, 0.6) is 0 Å². The SMILES string of the molecule is CC(OP(=O)(O)OP(=O)(O)O)C1(C)CO1. The van der Waals surface area contributed by atoms with Crippen LogP contribution in [0.2, 0.25) is 0 Å². The van der Waals surface area contributed by atoms with Crippen molar-refractivity contribution < 1.29 is 37.4 Å². The molecule has 0 amide bonds. The van der Waals surface area contributed by atoms with E-state index in [1.54, 1.807) is 6.92 Å². The van der Waals surface area contributed by atoms with Crippen molar-refractivity contribution in [3.63, 3.8) is 0 Å². The van der Waals surface area contributed by atoms with Crippen molar-refractivity contribution in [1.82, 2.24) is 0 Å². The van der Waals surface area contributed by atoms with Gasteiger partial charge in [-0.25, -0.2) is 9.13 Å². The first kappa shape index (κ1) is 13.3. The maximum Gasteiger partial charge on any atom is 0.481 e. The summed E-state index contributed by atoms with van der Waals surface area (Å²) in [7, 11) is -9.82. The molecule has 1 aliphatic rings. The smallest absolute Gasteiger partial charge is 0.367 e. The van der Waals surface area contributed by atoms with E-state index in [0.29, 0.717) is 6.61 Å². The van der Waals surface area contributed by atoms with Crippen LogP contribution in [-0.4, -0.2) is 33.0 Å². The molecule has 3 unspecified atom stereocenters. The third kappa shape index (κ3) is 4.30. The number of epoxide rings is 1. The van der Waals surface area contributed by atoms with Crippen molar-refractivity contribution >= 4 is 15.6 Å². The quantitative estimate of drug-likeness (QED) is 0.479. The molecule has 3 atom stereocenters. The highest BCUT2D eigenvalue weighted by Gasteiger charge is 2.49. The molecule has 1 saturated heterocycles. The lowest BCUT2D eigenvalue weighted by molar-refractivity contribution is 0.0817. The average Bonchev–Trinajstić information content (AvgIpc) is 2.61. The summed E-state index contributed by atoms with van der Waals surface area (Å²) in [6, 6.07) is 0. The van der Waals surface area contributed by atoms with Crippen LogP contribution in [0.1, 0.15) is 13.8 Å². The number of rotatable bonds is 5. The summed E-state index contributed by atoms with van der Waals surface area (Å²) in [6.07, 6.45) is -0.806. The molecule has 0 saturated carbocycles. The predicted octanol–water partition coefficient (Wildman–Crippen LogP) is 0.390. The number of ether oxygens (including phenoxy) is 1. The fraction of sp³-hybridized carbons (Fsp3) is 1.00. The first-order chi connectivity index (χ1) is 6.54. The Morgan fingerprint density at radius 2 is 1.87 bits per heavy atom. The number of phosphoric acid groups is 2. The van der Waals surface area contributed by atoms with Gasteiger partial charge in [0.2, 0.25) is 0 Å². The minimum absolute atomic E-state index is 0.351. The van der Waals surface area contributed by atoms with Crippen LogP contribution in [0.3, 0.4) is 0 Å². The molecule has 0 aliphatic carbocycles. The lowest BCUT2D eigenvalue weighted by Gasteiger charge is -2.19. The van der Waals surface area contributed by atoms with Gasteiger partial charge in [-0.15, -0.1) is 0 Å². The van der Waals surface area contributed by atoms with Gasteiger partial charge in [0.1, 0.15) is 5.60 Å². The largest absolute Gasteiger partial charge is 0.481 e. The summed E-state index contributed by atoms with van der Waals surface area (Å²) in [5, 5.41) is 0. The van der Waals surface area contributed by atoms with E-state index in [2.05, 4.69) is 8.83 Å². The Balaban J connectivity index is 2.56. The van der Waals surface area contributed by atoms with E-state index in [1.165, 1.54) is 6.92 Å². The van der Waals surface area contributed by atoms with Crippen molar-refractivity contribution in [1.29, 1.82) is 0 Å². The van der Waals surface area contributed by atoms with Crippen LogP contribution < -0.4 is 0 Å². The van der Waals surface area contributed by atoms with Crippen molar-refractivity contribution in [3.05, 3.63) is 0 Å². The van der Waals surface area contributed by atoms with Crippen molar-refractivity contribution in [2.45, 2.75) is 25.6 Å². The van der Waals surface area contributed by atoms with E-state index in [9.17, 15) is 9.13 Å². The zero-order valence-corrected chi connectivity index (χ0v) is 9.85. The van der Waals surface area contributed by atoms with Crippen LogP contribution in [0.4, 0.5) is 0 Å². The van der Waals surface area contributed by atoms with Crippen LogP contribution in [0.25, 0.3) is 0 Å². The van der Waals surface area contributed by atoms with Crippen LogP contribution >= 0.6 is 15.6 Å². The summed E-state index contributed by atoms with van der Waals surface area (Å²) in [4.78, 5) is 25.6. The lowest BCUT2D eigenvalue weighted by atomic mass is 10.1. The first-order valence-corrected chi connectivity index (χ1v) is 6.99. The standard InChI is InChI=1S/C5H12O8P2/c1-4(5(2)3-11-5)12-15(9,10)13-14(6,7)8/h4H,3H2,1-2H3,(H,9,10)(H2,6,7,8). The van der Waals surface area contributed by atoms with Crippen molar-refractivity contribution in [3.8, 4) is 0 Å². The molecule has 1 heterocycles. The van der Waals surface area contributed by atoms with Crippen LogP contribution in [-0.2, 0) is 22.7 Å². The van der Waals surface area contributed by atoms with Gasteiger partial charge in [-0.2, -0.15) is 4.31 Å². The molecule has 0 aromatic heterocycles. The van der Waals surface area contributed by atoms with Crippen LogP contribution in [0.15, 0.2) is 0 Å². The minimum atomic E-state index is -5.05. The Bertz CT molecular complexity index is 330. The van der Waals surface area contributed by atoms with Gasteiger partial charge in [-0.1, -0.05) is 0 Å². The molecular formula is C5H12O8P2. The Labute approximate surface area is 86.0 Å². The monoisotopic (exact) mass is 262 g/mol. The van der Waals surface area contributed by atoms with E-state index in [4.69, 9.17) is 19.4 Å². The summed E-state index contributed by atoms with van der Waals surface area (Å²) in [5.74, 6) is 0. The topological polar surface area (TPSA) is 126 Å². The summed E-state index contributed by atoms with van der Waals surface area (Å²) in [5.41, 5.74) is -0.698. The second kappa shape index (κ2) is 3.91. The molecule has 0 bridgehead atoms.